The van der Waals surface area contributed by atoms with Gasteiger partial charge in [0.05, 0.1) is 12.8 Å². The Morgan fingerprint density at radius 2 is 1.94 bits per heavy atom. The summed E-state index contributed by atoms with van der Waals surface area (Å²) in [5.41, 5.74) is 1.10. The first-order valence-electron chi connectivity index (χ1n) is 11.1. The zero-order valence-corrected chi connectivity index (χ0v) is 21.4. The number of benzene rings is 1. The molecule has 2 saturated heterocycles. The molecule has 0 aliphatic carbocycles. The summed E-state index contributed by atoms with van der Waals surface area (Å²) in [6.07, 6.45) is 5.00. The molecule has 178 valence electrons. The van der Waals surface area contributed by atoms with Gasteiger partial charge in [0.2, 0.25) is 5.91 Å². The number of carbonyl (C=O) groups is 2. The van der Waals surface area contributed by atoms with E-state index in [9.17, 15) is 9.59 Å². The Hall–Kier alpha value is -2.72. The molecule has 0 N–H and O–H groups in total. The van der Waals surface area contributed by atoms with Crippen LogP contribution in [0.3, 0.4) is 0 Å². The van der Waals surface area contributed by atoms with Gasteiger partial charge in [0.1, 0.15) is 14.8 Å². The number of rotatable bonds is 3. The van der Waals surface area contributed by atoms with Crippen LogP contribution >= 0.6 is 35.6 Å². The van der Waals surface area contributed by atoms with Gasteiger partial charge in [0.25, 0.3) is 5.91 Å². The molecule has 7 nitrogen and oxygen atoms in total. The predicted octanol–water partition coefficient (Wildman–Crippen LogP) is 4.03. The van der Waals surface area contributed by atoms with Gasteiger partial charge in [-0.3, -0.25) is 24.4 Å². The van der Waals surface area contributed by atoms with E-state index in [0.717, 1.165) is 16.8 Å². The smallest absolute Gasteiger partial charge is 0.254 e. The second-order valence-corrected chi connectivity index (χ2v) is 11.3. The van der Waals surface area contributed by atoms with E-state index in [0.29, 0.717) is 21.6 Å². The maximum absolute atomic E-state index is 14.6. The number of amides is 2. The lowest BCUT2D eigenvalue weighted by molar-refractivity contribution is -0.139. The van der Waals surface area contributed by atoms with E-state index in [1.807, 2.05) is 42.3 Å². The van der Waals surface area contributed by atoms with E-state index in [1.54, 1.807) is 47.6 Å². The average Bonchev–Trinajstić information content (AvgIpc) is 3.57. The molecule has 2 amide bonds. The molecule has 3 aliphatic heterocycles. The van der Waals surface area contributed by atoms with Gasteiger partial charge < -0.3 is 9.32 Å². The molecule has 1 unspecified atom stereocenters. The summed E-state index contributed by atoms with van der Waals surface area (Å²) in [6.45, 7) is 0.681. The van der Waals surface area contributed by atoms with Crippen molar-refractivity contribution in [3.63, 3.8) is 0 Å². The van der Waals surface area contributed by atoms with E-state index in [-0.39, 0.29) is 24.3 Å². The highest BCUT2D eigenvalue weighted by Gasteiger charge is 2.78. The summed E-state index contributed by atoms with van der Waals surface area (Å²) in [4.78, 5) is 38.3. The van der Waals surface area contributed by atoms with E-state index < -0.39 is 10.3 Å². The second kappa shape index (κ2) is 7.89. The standard InChI is InChI=1S/C25H21ClN4O3S2/c1-28-14-19(15-7-9-27-10-8-15)25(22(32)30(23(34)35-25)13-17-4-3-11-33-17)24(28)18-12-16(26)5-6-20(18)29(2)21(24)31/h3-12,19H,13-14H2,1-2H3/t19?,24-,25+/m1/s1. The third-order valence-corrected chi connectivity index (χ3v) is 9.59. The minimum atomic E-state index is -1.29. The van der Waals surface area contributed by atoms with Crippen molar-refractivity contribution < 1.29 is 14.0 Å². The number of thioether (sulfide) groups is 1. The van der Waals surface area contributed by atoms with Crippen LogP contribution in [0.15, 0.2) is 65.5 Å². The quantitative estimate of drug-likeness (QED) is 0.479. The molecule has 10 heteroatoms. The first kappa shape index (κ1) is 22.7. The molecule has 2 spiro atoms. The van der Waals surface area contributed by atoms with Gasteiger partial charge in [-0.05, 0) is 55.1 Å². The Kier molecular flexibility index (Phi) is 5.12. The summed E-state index contributed by atoms with van der Waals surface area (Å²) in [5, 5.41) is 0.507. The number of aromatic nitrogens is 1. The second-order valence-electron chi connectivity index (χ2n) is 9.02. The number of fused-ring (bicyclic) bond motifs is 3. The molecule has 0 radical (unpaired) electrons. The van der Waals surface area contributed by atoms with Crippen LogP contribution < -0.4 is 4.90 Å². The number of furan rings is 1. The molecular formula is C25H21ClN4O3S2. The Balaban J connectivity index is 1.62. The van der Waals surface area contributed by atoms with Gasteiger partial charge in [-0.25, -0.2) is 0 Å². The molecule has 2 fully saturated rings. The molecule has 1 aromatic carbocycles. The SMILES string of the molecule is CN1C(=O)[C@@]2(c3cc(Cl)ccc31)N(C)CC(c1ccncc1)[C@@]21SC(=S)N(Cc2ccco2)C1=O. The summed E-state index contributed by atoms with van der Waals surface area (Å²) < 4.78 is 4.71. The van der Waals surface area contributed by atoms with Crippen molar-refractivity contribution in [3.05, 3.63) is 83.0 Å². The lowest BCUT2D eigenvalue weighted by Crippen LogP contribution is -2.62. The Bertz CT molecular complexity index is 1370. The van der Waals surface area contributed by atoms with Crippen LogP contribution in [0.5, 0.6) is 0 Å². The van der Waals surface area contributed by atoms with Crippen LogP contribution in [0.4, 0.5) is 5.69 Å². The van der Waals surface area contributed by atoms with Gasteiger partial charge in [0, 0.05) is 48.2 Å². The van der Waals surface area contributed by atoms with Crippen molar-refractivity contribution >= 4 is 57.4 Å². The molecule has 2 aromatic heterocycles. The molecule has 3 atom stereocenters. The summed E-state index contributed by atoms with van der Waals surface area (Å²) >= 11 is 13.6. The first-order chi connectivity index (χ1) is 16.8. The highest BCUT2D eigenvalue weighted by atomic mass is 35.5. The fourth-order valence-corrected chi connectivity index (χ4v) is 8.26. The maximum atomic E-state index is 14.6. The number of hydrogen-bond donors (Lipinski definition) is 0. The highest BCUT2D eigenvalue weighted by Crippen LogP contribution is 2.66. The van der Waals surface area contributed by atoms with Gasteiger partial charge in [-0.2, -0.15) is 0 Å². The monoisotopic (exact) mass is 524 g/mol. The van der Waals surface area contributed by atoms with E-state index >= 15 is 0 Å². The van der Waals surface area contributed by atoms with Crippen LogP contribution in [0.25, 0.3) is 0 Å². The average molecular weight is 525 g/mol. The van der Waals surface area contributed by atoms with Crippen molar-refractivity contribution in [2.45, 2.75) is 22.7 Å². The number of likely N-dealkylation sites (N-methyl/N-ethyl adjacent to an activating group) is 2. The van der Waals surface area contributed by atoms with Gasteiger partial charge in [-0.15, -0.1) is 0 Å². The number of anilines is 1. The van der Waals surface area contributed by atoms with Crippen LogP contribution in [0, 0.1) is 0 Å². The molecular weight excluding hydrogens is 504 g/mol. The minimum absolute atomic E-state index is 0.169. The molecule has 6 rings (SSSR count). The van der Waals surface area contributed by atoms with Crippen molar-refractivity contribution in [2.75, 3.05) is 25.5 Å². The number of carbonyl (C=O) groups excluding carboxylic acids is 2. The lowest BCUT2D eigenvalue weighted by atomic mass is 9.72. The molecule has 0 bridgehead atoms. The van der Waals surface area contributed by atoms with Crippen molar-refractivity contribution in [1.29, 1.82) is 0 Å². The minimum Gasteiger partial charge on any atom is -0.467 e. The molecule has 0 saturated carbocycles. The normalized spacial score (nSPS) is 28.2. The largest absolute Gasteiger partial charge is 0.467 e. The summed E-state index contributed by atoms with van der Waals surface area (Å²) in [7, 11) is 3.64. The molecule has 3 aliphatic rings. The fourth-order valence-electron chi connectivity index (χ4n) is 5.96. The Morgan fingerprint density at radius 3 is 2.66 bits per heavy atom. The van der Waals surface area contributed by atoms with E-state index in [4.69, 9.17) is 28.2 Å². The lowest BCUT2D eigenvalue weighted by Gasteiger charge is -2.42. The summed E-state index contributed by atoms with van der Waals surface area (Å²) in [6, 6.07) is 12.8. The number of halogens is 1. The van der Waals surface area contributed by atoms with E-state index in [2.05, 4.69) is 4.98 Å². The van der Waals surface area contributed by atoms with Gasteiger partial charge >= 0.3 is 0 Å². The first-order valence-corrected chi connectivity index (χ1v) is 12.7. The molecule has 35 heavy (non-hydrogen) atoms. The number of likely N-dealkylation sites (tertiary alicyclic amines) is 1. The Morgan fingerprint density at radius 1 is 1.17 bits per heavy atom. The fraction of sp³-hybridized carbons (Fsp3) is 0.280. The topological polar surface area (TPSA) is 69.9 Å². The van der Waals surface area contributed by atoms with Crippen LogP contribution in [-0.2, 0) is 21.7 Å². The third-order valence-electron chi connectivity index (χ3n) is 7.42. The van der Waals surface area contributed by atoms with Crippen molar-refractivity contribution in [3.8, 4) is 0 Å². The number of hydrogen-bond acceptors (Lipinski definition) is 7. The number of nitrogens with zero attached hydrogens (tertiary/aromatic N) is 4. The zero-order valence-electron chi connectivity index (χ0n) is 19.0. The summed E-state index contributed by atoms with van der Waals surface area (Å²) in [5.74, 6) is -0.0747. The van der Waals surface area contributed by atoms with Crippen molar-refractivity contribution in [2.24, 2.45) is 0 Å². The molecule has 5 heterocycles. The van der Waals surface area contributed by atoms with E-state index in [1.165, 1.54) is 11.8 Å². The van der Waals surface area contributed by atoms with Crippen LogP contribution in [0.2, 0.25) is 5.02 Å². The van der Waals surface area contributed by atoms with Gasteiger partial charge in [-0.1, -0.05) is 35.6 Å². The third kappa shape index (κ3) is 2.83. The van der Waals surface area contributed by atoms with Crippen molar-refractivity contribution in [1.82, 2.24) is 14.8 Å². The molecule has 3 aromatic rings. The maximum Gasteiger partial charge on any atom is 0.254 e. The predicted molar refractivity (Wildman–Crippen MR) is 138 cm³/mol. The number of pyridine rings is 1. The highest BCUT2D eigenvalue weighted by molar-refractivity contribution is 8.25. The van der Waals surface area contributed by atoms with Crippen LogP contribution in [0.1, 0.15) is 22.8 Å². The zero-order chi connectivity index (χ0) is 24.5. The Labute approximate surface area is 217 Å². The van der Waals surface area contributed by atoms with Gasteiger partial charge in [0.15, 0.2) is 5.54 Å². The van der Waals surface area contributed by atoms with Crippen LogP contribution in [-0.4, -0.2) is 56.3 Å². The number of thiocarbonyl (C=S) groups is 1.